The molecule has 1 aromatic carbocycles. The van der Waals surface area contributed by atoms with E-state index in [2.05, 4.69) is 32.0 Å². The summed E-state index contributed by atoms with van der Waals surface area (Å²) in [5.41, 5.74) is 1.21. The van der Waals surface area contributed by atoms with Gasteiger partial charge in [-0.3, -0.25) is 4.40 Å². The van der Waals surface area contributed by atoms with Crippen molar-refractivity contribution in [2.24, 2.45) is 0 Å². The fraction of sp³-hybridized carbons (Fsp3) is 0.593. The fourth-order valence-electron chi connectivity index (χ4n) is 4.09. The van der Waals surface area contributed by atoms with Crippen LogP contribution in [0.2, 0.25) is 0 Å². The van der Waals surface area contributed by atoms with Crippen LogP contribution >= 0.6 is 11.3 Å². The van der Waals surface area contributed by atoms with Crippen molar-refractivity contribution in [3.05, 3.63) is 41.3 Å². The van der Waals surface area contributed by atoms with Crippen LogP contribution in [0.3, 0.4) is 0 Å². The molecule has 0 unspecified atom stereocenters. The maximum absolute atomic E-state index is 14.8. The van der Waals surface area contributed by atoms with E-state index in [0.29, 0.717) is 17.0 Å². The van der Waals surface area contributed by atoms with Gasteiger partial charge in [0.05, 0.1) is 11.8 Å². The summed E-state index contributed by atoms with van der Waals surface area (Å²) < 4.78 is 22.8. The van der Waals surface area contributed by atoms with Crippen LogP contribution in [0.25, 0.3) is 16.2 Å². The van der Waals surface area contributed by atoms with Crippen LogP contribution in [0.15, 0.2) is 30.6 Å². The van der Waals surface area contributed by atoms with Crippen molar-refractivity contribution in [3.63, 3.8) is 0 Å². The predicted molar refractivity (Wildman–Crippen MR) is 134 cm³/mol. The Morgan fingerprint density at radius 1 is 0.969 bits per heavy atom. The second-order valence-corrected chi connectivity index (χ2v) is 10.0. The number of imidazole rings is 1. The van der Waals surface area contributed by atoms with Crippen LogP contribution in [-0.2, 0) is 6.42 Å². The molecule has 3 nitrogen and oxygen atoms in total. The monoisotopic (exact) mass is 458 g/mol. The van der Waals surface area contributed by atoms with Gasteiger partial charge in [0.25, 0.3) is 0 Å². The lowest BCUT2D eigenvalue weighted by Gasteiger charge is -2.15. The van der Waals surface area contributed by atoms with Crippen LogP contribution in [-0.4, -0.2) is 15.5 Å². The van der Waals surface area contributed by atoms with E-state index in [0.717, 1.165) is 24.2 Å². The molecule has 0 aliphatic heterocycles. The quantitative estimate of drug-likeness (QED) is 0.213. The van der Waals surface area contributed by atoms with Crippen molar-refractivity contribution in [3.8, 4) is 17.0 Å². The van der Waals surface area contributed by atoms with E-state index in [1.807, 2.05) is 16.7 Å². The zero-order chi connectivity index (χ0) is 22.8. The molecule has 0 aliphatic rings. The first-order chi connectivity index (χ1) is 15.6. The minimum Gasteiger partial charge on any atom is -0.491 e. The van der Waals surface area contributed by atoms with Gasteiger partial charge in [-0.2, -0.15) is 0 Å². The second-order valence-electron chi connectivity index (χ2n) is 8.95. The van der Waals surface area contributed by atoms with Gasteiger partial charge in [0, 0.05) is 28.9 Å². The number of nitrogens with zero attached hydrogens (tertiary/aromatic N) is 2. The number of hydrogen-bond donors (Lipinski definition) is 0. The van der Waals surface area contributed by atoms with Gasteiger partial charge in [-0.05, 0) is 44.7 Å². The molecule has 0 saturated carbocycles. The second kappa shape index (κ2) is 13.0. The third-order valence-electron chi connectivity index (χ3n) is 6.00. The molecule has 0 N–H and O–H groups in total. The van der Waals surface area contributed by atoms with Crippen molar-refractivity contribution >= 4 is 16.3 Å². The summed E-state index contributed by atoms with van der Waals surface area (Å²) >= 11 is 1.71. The first kappa shape index (κ1) is 24.8. The lowest BCUT2D eigenvalue weighted by atomic mass is 10.1. The topological polar surface area (TPSA) is 26.5 Å². The summed E-state index contributed by atoms with van der Waals surface area (Å²) in [7, 11) is 0. The molecule has 0 radical (unpaired) electrons. The van der Waals surface area contributed by atoms with Gasteiger partial charge in [0.2, 0.25) is 0 Å². The van der Waals surface area contributed by atoms with Crippen LogP contribution in [0.4, 0.5) is 4.39 Å². The molecule has 32 heavy (non-hydrogen) atoms. The average molecular weight is 459 g/mol. The molecule has 0 saturated heterocycles. The number of halogens is 1. The molecule has 1 atom stereocenters. The lowest BCUT2D eigenvalue weighted by molar-refractivity contribution is 0.205. The van der Waals surface area contributed by atoms with Gasteiger partial charge >= 0.3 is 0 Å². The number of thiazole rings is 1. The standard InChI is InChI=1S/C27H39FN2OS/c1-4-6-8-10-11-13-15-23-19-30-20-26(29-27(30)32-23)24-17-16-22(18-25(24)28)31-21(3)14-12-9-7-5-2/h16-21H,4-15H2,1-3H3/t21-/m0/s1. The maximum Gasteiger partial charge on any atom is 0.194 e. The first-order valence-electron chi connectivity index (χ1n) is 12.5. The highest BCUT2D eigenvalue weighted by atomic mass is 32.1. The molecule has 3 rings (SSSR count). The van der Waals surface area contributed by atoms with Gasteiger partial charge < -0.3 is 4.74 Å². The van der Waals surface area contributed by atoms with Gasteiger partial charge in [0.1, 0.15) is 11.6 Å². The molecule has 0 fully saturated rings. The summed E-state index contributed by atoms with van der Waals surface area (Å²) in [6.07, 6.45) is 19.0. The van der Waals surface area contributed by atoms with Crippen molar-refractivity contribution in [1.29, 1.82) is 0 Å². The summed E-state index contributed by atoms with van der Waals surface area (Å²) in [5, 5.41) is 0. The highest BCUT2D eigenvalue weighted by Crippen LogP contribution is 2.29. The van der Waals surface area contributed by atoms with Crippen LogP contribution in [0.5, 0.6) is 5.75 Å². The molecule has 5 heteroatoms. The third kappa shape index (κ3) is 7.33. The van der Waals surface area contributed by atoms with Crippen LogP contribution in [0.1, 0.15) is 96.3 Å². The van der Waals surface area contributed by atoms with Crippen molar-refractivity contribution in [2.75, 3.05) is 0 Å². The van der Waals surface area contributed by atoms with Crippen LogP contribution in [0, 0.1) is 5.82 Å². The number of aryl methyl sites for hydroxylation is 1. The third-order valence-corrected chi connectivity index (χ3v) is 7.05. The molecule has 3 aromatic rings. The van der Waals surface area contributed by atoms with Crippen molar-refractivity contribution in [1.82, 2.24) is 9.38 Å². The normalized spacial score (nSPS) is 12.5. The number of fused-ring (bicyclic) bond motifs is 1. The first-order valence-corrected chi connectivity index (χ1v) is 13.4. The molecule has 176 valence electrons. The molecule has 0 bridgehead atoms. The summed E-state index contributed by atoms with van der Waals surface area (Å²) in [5.74, 6) is 0.315. The number of rotatable bonds is 15. The highest BCUT2D eigenvalue weighted by Gasteiger charge is 2.14. The van der Waals surface area contributed by atoms with Crippen molar-refractivity contribution < 1.29 is 9.13 Å². The fourth-order valence-corrected chi connectivity index (χ4v) is 5.10. The maximum atomic E-state index is 14.8. The molecular formula is C27H39FN2OS. The zero-order valence-electron chi connectivity index (χ0n) is 20.0. The smallest absolute Gasteiger partial charge is 0.194 e. The van der Waals surface area contributed by atoms with Gasteiger partial charge in [0.15, 0.2) is 4.96 Å². The number of unbranched alkanes of at least 4 members (excludes halogenated alkanes) is 8. The van der Waals surface area contributed by atoms with Gasteiger partial charge in [-0.25, -0.2) is 9.37 Å². The Hall–Kier alpha value is -1.88. The summed E-state index contributed by atoms with van der Waals surface area (Å²) in [6, 6.07) is 5.14. The Morgan fingerprint density at radius 2 is 1.69 bits per heavy atom. The zero-order valence-corrected chi connectivity index (χ0v) is 20.9. The van der Waals surface area contributed by atoms with E-state index in [9.17, 15) is 4.39 Å². The number of aromatic nitrogens is 2. The Morgan fingerprint density at radius 3 is 2.41 bits per heavy atom. The number of hydrogen-bond acceptors (Lipinski definition) is 3. The van der Waals surface area contributed by atoms with Crippen LogP contribution < -0.4 is 4.74 Å². The summed E-state index contributed by atoms with van der Waals surface area (Å²) in [6.45, 7) is 6.52. The van der Waals surface area contributed by atoms with E-state index in [1.165, 1.54) is 68.7 Å². The summed E-state index contributed by atoms with van der Waals surface area (Å²) in [4.78, 5) is 6.97. The SMILES string of the molecule is CCCCCCCCc1cn2cc(-c3ccc(O[C@@H](C)CCCCCC)cc3F)nc2s1. The lowest BCUT2D eigenvalue weighted by Crippen LogP contribution is -2.11. The van der Waals surface area contributed by atoms with Crippen molar-refractivity contribution in [2.45, 2.75) is 104 Å². The minimum absolute atomic E-state index is 0.0973. The number of benzene rings is 1. The molecule has 2 aromatic heterocycles. The van der Waals surface area contributed by atoms with Gasteiger partial charge in [-0.15, -0.1) is 11.3 Å². The van der Waals surface area contributed by atoms with E-state index in [1.54, 1.807) is 17.4 Å². The van der Waals surface area contributed by atoms with E-state index >= 15 is 0 Å². The largest absolute Gasteiger partial charge is 0.491 e. The van der Waals surface area contributed by atoms with E-state index in [4.69, 9.17) is 4.74 Å². The Kier molecular flexibility index (Phi) is 10.0. The molecular weight excluding hydrogens is 419 g/mol. The molecule has 2 heterocycles. The molecule has 0 aliphatic carbocycles. The highest BCUT2D eigenvalue weighted by molar-refractivity contribution is 7.17. The van der Waals surface area contributed by atoms with E-state index in [-0.39, 0.29) is 11.9 Å². The predicted octanol–water partition coefficient (Wildman–Crippen LogP) is 8.84. The Bertz CT molecular complexity index is 917. The van der Waals surface area contributed by atoms with Gasteiger partial charge in [-0.1, -0.05) is 65.2 Å². The Labute approximate surface area is 197 Å². The minimum atomic E-state index is -0.279. The average Bonchev–Trinajstić information content (AvgIpc) is 3.32. The number of ether oxygens (including phenoxy) is 1. The molecule has 0 spiro atoms. The molecule has 0 amide bonds. The Balaban J connectivity index is 1.54. The van der Waals surface area contributed by atoms with E-state index < -0.39 is 0 Å².